The molecule has 2 unspecified atom stereocenters. The molecule has 0 N–H and O–H groups in total. The zero-order valence-electron chi connectivity index (χ0n) is 14.5. The molecule has 4 aliphatic rings. The van der Waals surface area contributed by atoms with Crippen molar-refractivity contribution in [3.8, 4) is 0 Å². The third-order valence-electron chi connectivity index (χ3n) is 6.67. The van der Waals surface area contributed by atoms with Gasteiger partial charge in [0.05, 0.1) is 6.10 Å². The second-order valence-electron chi connectivity index (χ2n) is 8.12. The Labute approximate surface area is 139 Å². The van der Waals surface area contributed by atoms with Crippen LogP contribution in [0, 0.1) is 5.41 Å². The van der Waals surface area contributed by atoms with Gasteiger partial charge in [-0.05, 0) is 32.7 Å². The molecule has 1 spiro atoms. The van der Waals surface area contributed by atoms with Crippen LogP contribution in [0.2, 0.25) is 0 Å². The Morgan fingerprint density at radius 2 is 1.96 bits per heavy atom. The normalized spacial score (nSPS) is 34.4. The van der Waals surface area contributed by atoms with Gasteiger partial charge in [0, 0.05) is 63.8 Å². The van der Waals surface area contributed by atoms with Crippen molar-refractivity contribution in [1.29, 1.82) is 0 Å². The summed E-state index contributed by atoms with van der Waals surface area (Å²) in [4.78, 5) is 19.4. The van der Waals surface area contributed by atoms with Crippen LogP contribution < -0.4 is 0 Å². The minimum atomic E-state index is 0.346. The summed E-state index contributed by atoms with van der Waals surface area (Å²) in [6, 6.07) is 0.596. The Kier molecular flexibility index (Phi) is 4.37. The lowest BCUT2D eigenvalue weighted by Gasteiger charge is -2.64. The largest absolute Gasteiger partial charge is 0.377 e. The number of hydrogen-bond acceptors (Lipinski definition) is 4. The van der Waals surface area contributed by atoms with Crippen LogP contribution >= 0.6 is 0 Å². The van der Waals surface area contributed by atoms with Crippen molar-refractivity contribution in [2.24, 2.45) is 5.41 Å². The standard InChI is InChI=1S/C18H31N3O2/c1-19-9-11-20(12-10-19)16(22)5-8-21-14-18(6-3-7-18)17(21)15-4-2-13-23-15/h15,17H,2-14H2,1H3. The lowest BCUT2D eigenvalue weighted by atomic mass is 9.56. The topological polar surface area (TPSA) is 36.0 Å². The van der Waals surface area contributed by atoms with Crippen molar-refractivity contribution < 1.29 is 9.53 Å². The first kappa shape index (κ1) is 15.9. The molecule has 0 aromatic carbocycles. The molecule has 1 amide bonds. The van der Waals surface area contributed by atoms with E-state index in [2.05, 4.69) is 21.7 Å². The highest BCUT2D eigenvalue weighted by Gasteiger charge is 2.58. The molecule has 130 valence electrons. The Morgan fingerprint density at radius 1 is 1.17 bits per heavy atom. The Balaban J connectivity index is 1.29. The van der Waals surface area contributed by atoms with Gasteiger partial charge in [0.25, 0.3) is 0 Å². The Bertz CT molecular complexity index is 438. The van der Waals surface area contributed by atoms with Crippen molar-refractivity contribution in [2.45, 2.75) is 50.7 Å². The van der Waals surface area contributed by atoms with E-state index in [0.717, 1.165) is 39.3 Å². The molecule has 5 nitrogen and oxygen atoms in total. The average molecular weight is 321 g/mol. The molecule has 5 heteroatoms. The lowest BCUT2D eigenvalue weighted by molar-refractivity contribution is -0.173. The Morgan fingerprint density at radius 3 is 2.57 bits per heavy atom. The number of piperazine rings is 1. The third kappa shape index (κ3) is 2.92. The van der Waals surface area contributed by atoms with Crippen molar-refractivity contribution in [2.75, 3.05) is 52.9 Å². The maximum absolute atomic E-state index is 12.5. The number of nitrogens with zero attached hydrogens (tertiary/aromatic N) is 3. The fraction of sp³-hybridized carbons (Fsp3) is 0.944. The maximum Gasteiger partial charge on any atom is 0.223 e. The van der Waals surface area contributed by atoms with Gasteiger partial charge in [0.1, 0.15) is 0 Å². The van der Waals surface area contributed by atoms with Gasteiger partial charge in [-0.25, -0.2) is 0 Å². The molecule has 3 aliphatic heterocycles. The van der Waals surface area contributed by atoms with Crippen LogP contribution in [0.5, 0.6) is 0 Å². The van der Waals surface area contributed by atoms with Crippen LogP contribution in [-0.2, 0) is 9.53 Å². The summed E-state index contributed by atoms with van der Waals surface area (Å²) in [6.07, 6.45) is 7.68. The molecule has 0 aromatic heterocycles. The van der Waals surface area contributed by atoms with Crippen molar-refractivity contribution >= 4 is 5.91 Å². The van der Waals surface area contributed by atoms with E-state index in [-0.39, 0.29) is 0 Å². The number of amides is 1. The van der Waals surface area contributed by atoms with Crippen LogP contribution in [0.15, 0.2) is 0 Å². The lowest BCUT2D eigenvalue weighted by Crippen LogP contribution is -2.71. The second-order valence-corrected chi connectivity index (χ2v) is 8.12. The van der Waals surface area contributed by atoms with Gasteiger partial charge in [-0.2, -0.15) is 0 Å². The molecule has 0 radical (unpaired) electrons. The van der Waals surface area contributed by atoms with Crippen LogP contribution in [0.4, 0.5) is 0 Å². The summed E-state index contributed by atoms with van der Waals surface area (Å²) in [5, 5.41) is 0. The van der Waals surface area contributed by atoms with E-state index >= 15 is 0 Å². The number of likely N-dealkylation sites (N-methyl/N-ethyl adjacent to an activating group) is 1. The minimum absolute atomic E-state index is 0.346. The highest BCUT2D eigenvalue weighted by Crippen LogP contribution is 2.55. The third-order valence-corrected chi connectivity index (χ3v) is 6.67. The first-order chi connectivity index (χ1) is 11.2. The number of ether oxygens (including phenoxy) is 1. The van der Waals surface area contributed by atoms with E-state index in [1.807, 2.05) is 0 Å². The van der Waals surface area contributed by atoms with Crippen LogP contribution in [-0.4, -0.2) is 85.7 Å². The molecule has 3 heterocycles. The van der Waals surface area contributed by atoms with Crippen LogP contribution in [0.25, 0.3) is 0 Å². The number of hydrogen-bond donors (Lipinski definition) is 0. The molecule has 2 atom stereocenters. The van der Waals surface area contributed by atoms with Crippen LogP contribution in [0.3, 0.4) is 0 Å². The molecule has 0 aromatic rings. The maximum atomic E-state index is 12.5. The molecule has 3 saturated heterocycles. The Hall–Kier alpha value is -0.650. The molecular formula is C18H31N3O2. The summed E-state index contributed by atoms with van der Waals surface area (Å²) >= 11 is 0. The van der Waals surface area contributed by atoms with Gasteiger partial charge in [0.2, 0.25) is 5.91 Å². The number of likely N-dealkylation sites (tertiary alicyclic amines) is 1. The second kappa shape index (κ2) is 6.34. The van der Waals surface area contributed by atoms with Gasteiger partial charge < -0.3 is 14.5 Å². The zero-order valence-corrected chi connectivity index (χ0v) is 14.5. The summed E-state index contributed by atoms with van der Waals surface area (Å²) < 4.78 is 6.01. The molecule has 4 rings (SSSR count). The van der Waals surface area contributed by atoms with Gasteiger partial charge in [-0.1, -0.05) is 6.42 Å². The van der Waals surface area contributed by atoms with Crippen molar-refractivity contribution in [3.05, 3.63) is 0 Å². The summed E-state index contributed by atoms with van der Waals surface area (Å²) in [5.41, 5.74) is 0.548. The number of carbonyl (C=O) groups is 1. The smallest absolute Gasteiger partial charge is 0.223 e. The number of carbonyl (C=O) groups excluding carboxylic acids is 1. The van der Waals surface area contributed by atoms with Crippen molar-refractivity contribution in [3.63, 3.8) is 0 Å². The number of rotatable bonds is 4. The average Bonchev–Trinajstić information content (AvgIpc) is 2.98. The first-order valence-corrected chi connectivity index (χ1v) is 9.50. The van der Waals surface area contributed by atoms with E-state index < -0.39 is 0 Å². The van der Waals surface area contributed by atoms with Gasteiger partial charge in [-0.3, -0.25) is 9.69 Å². The summed E-state index contributed by atoms with van der Waals surface area (Å²) in [7, 11) is 2.13. The predicted octanol–water partition coefficient (Wildman–Crippen LogP) is 1.18. The van der Waals surface area contributed by atoms with Crippen molar-refractivity contribution in [1.82, 2.24) is 14.7 Å². The fourth-order valence-corrected chi connectivity index (χ4v) is 5.11. The van der Waals surface area contributed by atoms with E-state index in [1.165, 1.54) is 38.6 Å². The molecule has 4 fully saturated rings. The molecule has 23 heavy (non-hydrogen) atoms. The highest BCUT2D eigenvalue weighted by atomic mass is 16.5. The summed E-state index contributed by atoms with van der Waals surface area (Å²) in [5.74, 6) is 0.346. The van der Waals surface area contributed by atoms with Crippen LogP contribution in [0.1, 0.15) is 38.5 Å². The first-order valence-electron chi connectivity index (χ1n) is 9.50. The predicted molar refractivity (Wildman–Crippen MR) is 89.3 cm³/mol. The monoisotopic (exact) mass is 321 g/mol. The molecular weight excluding hydrogens is 290 g/mol. The molecule has 0 bridgehead atoms. The highest BCUT2D eigenvalue weighted by molar-refractivity contribution is 5.76. The van der Waals surface area contributed by atoms with E-state index in [9.17, 15) is 4.79 Å². The van der Waals surface area contributed by atoms with E-state index in [4.69, 9.17) is 4.74 Å². The SMILES string of the molecule is CN1CCN(C(=O)CCN2CC3(CCC3)C2C2CCCO2)CC1. The van der Waals surface area contributed by atoms with Gasteiger partial charge in [-0.15, -0.1) is 0 Å². The quantitative estimate of drug-likeness (QED) is 0.779. The molecule has 1 saturated carbocycles. The summed E-state index contributed by atoms with van der Waals surface area (Å²) in [6.45, 7) is 6.88. The zero-order chi connectivity index (χ0) is 15.9. The van der Waals surface area contributed by atoms with E-state index in [1.54, 1.807) is 0 Å². The molecule has 1 aliphatic carbocycles. The minimum Gasteiger partial charge on any atom is -0.377 e. The van der Waals surface area contributed by atoms with Gasteiger partial charge >= 0.3 is 0 Å². The van der Waals surface area contributed by atoms with Gasteiger partial charge in [0.15, 0.2) is 0 Å². The van der Waals surface area contributed by atoms with E-state index in [0.29, 0.717) is 29.9 Å². The fourth-order valence-electron chi connectivity index (χ4n) is 5.11.